The summed E-state index contributed by atoms with van der Waals surface area (Å²) in [7, 11) is 0. The molecule has 0 aromatic heterocycles. The number of amides is 4. The van der Waals surface area contributed by atoms with Crippen LogP contribution in [0.15, 0.2) is 53.0 Å². The molecule has 2 aromatic rings. The topological polar surface area (TPSA) is 95.6 Å². The Morgan fingerprint density at radius 3 is 2.33 bits per heavy atom. The summed E-state index contributed by atoms with van der Waals surface area (Å²) in [6, 6.07) is 14.5. The third kappa shape index (κ3) is 5.54. The molecule has 0 atom stereocenters. The molecule has 0 aliphatic carbocycles. The zero-order valence-corrected chi connectivity index (χ0v) is 17.9. The first-order valence-corrected chi connectivity index (χ1v) is 10.5. The smallest absolute Gasteiger partial charge is 0.261 e. The average Bonchev–Trinajstić information content (AvgIpc) is 2.97. The van der Waals surface area contributed by atoms with E-state index in [1.165, 1.54) is 4.90 Å². The molecule has 1 aliphatic rings. The van der Waals surface area contributed by atoms with Crippen molar-refractivity contribution in [3.8, 4) is 0 Å². The molecule has 0 unspecified atom stereocenters. The molecule has 0 bridgehead atoms. The van der Waals surface area contributed by atoms with E-state index in [-0.39, 0.29) is 49.6 Å². The Kier molecular flexibility index (Phi) is 7.35. The molecule has 0 saturated heterocycles. The summed E-state index contributed by atoms with van der Waals surface area (Å²) >= 11 is 3.30. The van der Waals surface area contributed by atoms with Gasteiger partial charge in [0.05, 0.1) is 11.1 Å². The van der Waals surface area contributed by atoms with Gasteiger partial charge in [-0.1, -0.05) is 46.3 Å². The van der Waals surface area contributed by atoms with Crippen LogP contribution in [0.2, 0.25) is 0 Å². The molecule has 0 spiro atoms. The second-order valence-electron chi connectivity index (χ2n) is 6.92. The van der Waals surface area contributed by atoms with Gasteiger partial charge in [-0.25, -0.2) is 0 Å². The lowest BCUT2D eigenvalue weighted by Gasteiger charge is -2.13. The highest BCUT2D eigenvalue weighted by atomic mass is 79.9. The number of nitrogens with zero attached hydrogens (tertiary/aromatic N) is 1. The monoisotopic (exact) mass is 471 g/mol. The van der Waals surface area contributed by atoms with Crippen LogP contribution in [0, 0.1) is 0 Å². The quantitative estimate of drug-likeness (QED) is 0.549. The molecule has 30 heavy (non-hydrogen) atoms. The summed E-state index contributed by atoms with van der Waals surface area (Å²) in [6.45, 7) is 0.861. The Morgan fingerprint density at radius 1 is 0.867 bits per heavy atom. The van der Waals surface area contributed by atoms with Crippen molar-refractivity contribution in [2.45, 2.75) is 25.8 Å². The number of hydrogen-bond donors (Lipinski definition) is 2. The Bertz CT molecular complexity index is 962. The minimum Gasteiger partial charge on any atom is -0.356 e. The molecular weight excluding hydrogens is 450 g/mol. The number of carbonyl (C=O) groups excluding carboxylic acids is 4. The first kappa shape index (κ1) is 21.7. The van der Waals surface area contributed by atoms with Crippen LogP contribution < -0.4 is 10.6 Å². The number of carbonyl (C=O) groups is 4. The number of halogens is 1. The number of rotatable bonds is 9. The van der Waals surface area contributed by atoms with Crippen molar-refractivity contribution in [1.29, 1.82) is 0 Å². The first-order valence-electron chi connectivity index (χ1n) is 9.69. The molecule has 4 amide bonds. The zero-order chi connectivity index (χ0) is 21.5. The van der Waals surface area contributed by atoms with Gasteiger partial charge in [-0.3, -0.25) is 24.1 Å². The predicted molar refractivity (Wildman–Crippen MR) is 115 cm³/mol. The van der Waals surface area contributed by atoms with E-state index < -0.39 is 0 Å². The van der Waals surface area contributed by atoms with Crippen molar-refractivity contribution in [3.63, 3.8) is 0 Å². The van der Waals surface area contributed by atoms with E-state index >= 15 is 0 Å². The van der Waals surface area contributed by atoms with Gasteiger partial charge in [0, 0.05) is 36.9 Å². The molecule has 8 heteroatoms. The van der Waals surface area contributed by atoms with Crippen molar-refractivity contribution < 1.29 is 19.2 Å². The van der Waals surface area contributed by atoms with E-state index in [2.05, 4.69) is 26.6 Å². The lowest BCUT2D eigenvalue weighted by molar-refractivity contribution is -0.122. The van der Waals surface area contributed by atoms with Crippen LogP contribution in [0.5, 0.6) is 0 Å². The van der Waals surface area contributed by atoms with E-state index in [1.807, 2.05) is 30.3 Å². The van der Waals surface area contributed by atoms with Crippen molar-refractivity contribution in [2.24, 2.45) is 0 Å². The number of fused-ring (bicyclic) bond motifs is 1. The lowest BCUT2D eigenvalue weighted by Crippen LogP contribution is -2.33. The van der Waals surface area contributed by atoms with E-state index in [0.717, 1.165) is 10.0 Å². The number of benzene rings is 2. The zero-order valence-electron chi connectivity index (χ0n) is 16.3. The molecule has 3 rings (SSSR count). The van der Waals surface area contributed by atoms with Crippen molar-refractivity contribution in [2.75, 3.05) is 13.1 Å². The molecule has 0 radical (unpaired) electrons. The van der Waals surface area contributed by atoms with E-state index in [9.17, 15) is 19.2 Å². The van der Waals surface area contributed by atoms with Crippen molar-refractivity contribution >= 4 is 39.6 Å². The minimum absolute atomic E-state index is 0.142. The largest absolute Gasteiger partial charge is 0.356 e. The second-order valence-corrected chi connectivity index (χ2v) is 7.83. The highest BCUT2D eigenvalue weighted by Gasteiger charge is 2.35. The second kappa shape index (κ2) is 10.2. The molecule has 0 saturated carbocycles. The molecule has 2 aromatic carbocycles. The standard InChI is InChI=1S/C22H22BrN3O4/c23-16-8-9-17-18(13-16)22(30)26(21(17)29)12-4-7-19(27)24-11-10-20(28)25-14-15-5-2-1-3-6-15/h1-3,5-6,8-9,13H,4,7,10-12,14H2,(H,24,27)(H,25,28). The van der Waals surface area contributed by atoms with Gasteiger partial charge in [0.2, 0.25) is 11.8 Å². The summed E-state index contributed by atoms with van der Waals surface area (Å²) in [5.41, 5.74) is 1.77. The van der Waals surface area contributed by atoms with Gasteiger partial charge in [0.25, 0.3) is 11.8 Å². The van der Waals surface area contributed by atoms with Crippen LogP contribution in [0.1, 0.15) is 45.5 Å². The van der Waals surface area contributed by atoms with Gasteiger partial charge in [-0.2, -0.15) is 0 Å². The Hall–Kier alpha value is -3.00. The maximum atomic E-state index is 12.4. The maximum Gasteiger partial charge on any atom is 0.261 e. The third-order valence-electron chi connectivity index (χ3n) is 4.73. The van der Waals surface area contributed by atoms with Gasteiger partial charge in [0.15, 0.2) is 0 Å². The van der Waals surface area contributed by atoms with Gasteiger partial charge < -0.3 is 10.6 Å². The van der Waals surface area contributed by atoms with Crippen LogP contribution in [-0.4, -0.2) is 41.6 Å². The van der Waals surface area contributed by atoms with Crippen LogP contribution >= 0.6 is 15.9 Å². The summed E-state index contributed by atoms with van der Waals surface area (Å²) in [4.78, 5) is 49.7. The predicted octanol–water partition coefficient (Wildman–Crippen LogP) is 2.65. The maximum absolute atomic E-state index is 12.4. The van der Waals surface area contributed by atoms with E-state index in [0.29, 0.717) is 24.1 Å². The number of hydrogen-bond acceptors (Lipinski definition) is 4. The summed E-state index contributed by atoms with van der Waals surface area (Å²) in [6.07, 6.45) is 0.716. The van der Waals surface area contributed by atoms with E-state index in [4.69, 9.17) is 0 Å². The highest BCUT2D eigenvalue weighted by Crippen LogP contribution is 2.26. The Labute approximate surface area is 183 Å². The lowest BCUT2D eigenvalue weighted by atomic mass is 10.1. The SMILES string of the molecule is O=C(CCCN1C(=O)c2ccc(Br)cc2C1=O)NCCC(=O)NCc1ccccc1. The highest BCUT2D eigenvalue weighted by molar-refractivity contribution is 9.10. The summed E-state index contributed by atoms with van der Waals surface area (Å²) in [5, 5.41) is 5.49. The molecule has 2 N–H and O–H groups in total. The van der Waals surface area contributed by atoms with Gasteiger partial charge in [-0.15, -0.1) is 0 Å². The van der Waals surface area contributed by atoms with Crippen LogP contribution in [0.25, 0.3) is 0 Å². The van der Waals surface area contributed by atoms with Crippen LogP contribution in [-0.2, 0) is 16.1 Å². The van der Waals surface area contributed by atoms with Gasteiger partial charge in [-0.05, 0) is 30.2 Å². The summed E-state index contributed by atoms with van der Waals surface area (Å²) < 4.78 is 0.733. The van der Waals surface area contributed by atoms with E-state index in [1.54, 1.807) is 18.2 Å². The van der Waals surface area contributed by atoms with Gasteiger partial charge >= 0.3 is 0 Å². The average molecular weight is 472 g/mol. The number of imide groups is 1. The number of nitrogens with one attached hydrogen (secondary N) is 2. The Morgan fingerprint density at radius 2 is 1.57 bits per heavy atom. The normalized spacial score (nSPS) is 12.6. The third-order valence-corrected chi connectivity index (χ3v) is 5.22. The molecule has 7 nitrogen and oxygen atoms in total. The fraction of sp³-hybridized carbons (Fsp3) is 0.273. The molecule has 1 heterocycles. The van der Waals surface area contributed by atoms with Crippen LogP contribution in [0.3, 0.4) is 0 Å². The molecule has 0 fully saturated rings. The fourth-order valence-electron chi connectivity index (χ4n) is 3.15. The van der Waals surface area contributed by atoms with Crippen LogP contribution in [0.4, 0.5) is 0 Å². The molecule has 1 aliphatic heterocycles. The summed E-state index contributed by atoms with van der Waals surface area (Å²) in [5.74, 6) is -1.04. The molecular formula is C22H22BrN3O4. The van der Waals surface area contributed by atoms with Crippen molar-refractivity contribution in [1.82, 2.24) is 15.5 Å². The van der Waals surface area contributed by atoms with Gasteiger partial charge in [0.1, 0.15) is 0 Å². The minimum atomic E-state index is -0.341. The Balaban J connectivity index is 1.33. The van der Waals surface area contributed by atoms with Crippen molar-refractivity contribution in [3.05, 3.63) is 69.7 Å². The fourth-order valence-corrected chi connectivity index (χ4v) is 3.51. The molecule has 156 valence electrons. The first-order chi connectivity index (χ1) is 14.5.